The van der Waals surface area contributed by atoms with Crippen LogP contribution in [0.15, 0.2) is 29.3 Å². The lowest BCUT2D eigenvalue weighted by Gasteiger charge is -2.09. The standard InChI is InChI=1S/C17H23NOS/c1-12(2)15-6-4-14(5-7-15)10-13(3)11-18-16-8-9-20-17(16)19/h4-7,11-13,16H,8-10H2,1-3H3. The molecule has 3 heteroatoms. The summed E-state index contributed by atoms with van der Waals surface area (Å²) >= 11 is 1.41. The van der Waals surface area contributed by atoms with Crippen LogP contribution in [-0.4, -0.2) is 23.1 Å². The van der Waals surface area contributed by atoms with Crippen molar-refractivity contribution in [3.63, 3.8) is 0 Å². The third kappa shape index (κ3) is 4.20. The van der Waals surface area contributed by atoms with E-state index in [2.05, 4.69) is 50.0 Å². The minimum Gasteiger partial charge on any atom is -0.285 e. The fourth-order valence-electron chi connectivity index (χ4n) is 2.33. The fraction of sp³-hybridized carbons (Fsp3) is 0.529. The van der Waals surface area contributed by atoms with Crippen molar-refractivity contribution in [2.24, 2.45) is 10.9 Å². The Morgan fingerprint density at radius 2 is 2.00 bits per heavy atom. The third-order valence-corrected chi connectivity index (χ3v) is 4.63. The summed E-state index contributed by atoms with van der Waals surface area (Å²) < 4.78 is 0. The Morgan fingerprint density at radius 3 is 2.55 bits per heavy atom. The maximum atomic E-state index is 11.5. The number of rotatable bonds is 5. The molecule has 2 atom stereocenters. The van der Waals surface area contributed by atoms with Gasteiger partial charge in [0.2, 0.25) is 5.12 Å². The van der Waals surface area contributed by atoms with Gasteiger partial charge in [-0.25, -0.2) is 0 Å². The average molecular weight is 289 g/mol. The molecule has 2 rings (SSSR count). The first-order valence-corrected chi connectivity index (χ1v) is 8.33. The second-order valence-electron chi connectivity index (χ2n) is 5.85. The first-order chi connectivity index (χ1) is 9.56. The summed E-state index contributed by atoms with van der Waals surface area (Å²) in [5.41, 5.74) is 2.71. The molecule has 0 amide bonds. The summed E-state index contributed by atoms with van der Waals surface area (Å²) in [5, 5.41) is 0.231. The lowest BCUT2D eigenvalue weighted by atomic mass is 9.97. The van der Waals surface area contributed by atoms with E-state index in [0.717, 1.165) is 18.6 Å². The van der Waals surface area contributed by atoms with E-state index < -0.39 is 0 Å². The van der Waals surface area contributed by atoms with Gasteiger partial charge in [-0.1, -0.05) is 56.8 Å². The topological polar surface area (TPSA) is 29.4 Å². The van der Waals surface area contributed by atoms with Crippen LogP contribution in [0.4, 0.5) is 0 Å². The monoisotopic (exact) mass is 289 g/mol. The van der Waals surface area contributed by atoms with E-state index in [9.17, 15) is 4.79 Å². The summed E-state index contributed by atoms with van der Waals surface area (Å²) in [4.78, 5) is 15.9. The van der Waals surface area contributed by atoms with Gasteiger partial charge < -0.3 is 0 Å². The Morgan fingerprint density at radius 1 is 1.30 bits per heavy atom. The van der Waals surface area contributed by atoms with Crippen LogP contribution in [0.5, 0.6) is 0 Å². The second kappa shape index (κ2) is 7.07. The van der Waals surface area contributed by atoms with Crippen LogP contribution in [0.25, 0.3) is 0 Å². The normalized spacial score (nSPS) is 21.0. The Hall–Kier alpha value is -1.09. The van der Waals surface area contributed by atoms with E-state index >= 15 is 0 Å². The van der Waals surface area contributed by atoms with Crippen molar-refractivity contribution in [3.05, 3.63) is 35.4 Å². The number of benzene rings is 1. The third-order valence-electron chi connectivity index (χ3n) is 3.63. The zero-order valence-corrected chi connectivity index (χ0v) is 13.3. The molecule has 0 aromatic heterocycles. The summed E-state index contributed by atoms with van der Waals surface area (Å²) in [6.07, 6.45) is 3.84. The van der Waals surface area contributed by atoms with Crippen molar-refractivity contribution in [3.8, 4) is 0 Å². The number of thioether (sulfide) groups is 1. The van der Waals surface area contributed by atoms with Crippen molar-refractivity contribution in [2.45, 2.75) is 45.6 Å². The molecule has 0 bridgehead atoms. The highest BCUT2D eigenvalue weighted by Crippen LogP contribution is 2.22. The van der Waals surface area contributed by atoms with E-state index in [0.29, 0.717) is 11.8 Å². The molecule has 1 aliphatic heterocycles. The molecule has 0 N–H and O–H groups in total. The molecule has 0 saturated carbocycles. The lowest BCUT2D eigenvalue weighted by molar-refractivity contribution is -0.111. The second-order valence-corrected chi connectivity index (χ2v) is 6.95. The first kappa shape index (κ1) is 15.3. The number of nitrogens with zero attached hydrogens (tertiary/aromatic N) is 1. The van der Waals surface area contributed by atoms with Gasteiger partial charge in [-0.15, -0.1) is 0 Å². The fourth-order valence-corrected chi connectivity index (χ4v) is 3.25. The van der Waals surface area contributed by atoms with Crippen LogP contribution in [0.2, 0.25) is 0 Å². The van der Waals surface area contributed by atoms with Gasteiger partial charge in [-0.2, -0.15) is 0 Å². The van der Waals surface area contributed by atoms with Crippen molar-refractivity contribution in [1.82, 2.24) is 0 Å². The highest BCUT2D eigenvalue weighted by molar-refractivity contribution is 8.14. The SMILES string of the molecule is CC(C=NC1CCSC1=O)Cc1ccc(C(C)C)cc1. The minimum absolute atomic E-state index is 0.0919. The first-order valence-electron chi connectivity index (χ1n) is 7.35. The van der Waals surface area contributed by atoms with Gasteiger partial charge in [-0.3, -0.25) is 9.79 Å². The zero-order valence-electron chi connectivity index (χ0n) is 12.5. The largest absolute Gasteiger partial charge is 0.285 e. The molecule has 1 aromatic carbocycles. The Kier molecular flexibility index (Phi) is 5.41. The molecule has 0 radical (unpaired) electrons. The lowest BCUT2D eigenvalue weighted by Crippen LogP contribution is -2.11. The summed E-state index contributed by atoms with van der Waals surface area (Å²) in [6, 6.07) is 8.74. The smallest absolute Gasteiger partial charge is 0.213 e. The van der Waals surface area contributed by atoms with Crippen LogP contribution >= 0.6 is 11.8 Å². The minimum atomic E-state index is -0.0919. The van der Waals surface area contributed by atoms with Crippen molar-refractivity contribution >= 4 is 23.1 Å². The molecule has 20 heavy (non-hydrogen) atoms. The van der Waals surface area contributed by atoms with Crippen molar-refractivity contribution in [2.75, 3.05) is 5.75 Å². The molecular weight excluding hydrogens is 266 g/mol. The molecular formula is C17H23NOS. The summed E-state index contributed by atoms with van der Waals surface area (Å²) in [7, 11) is 0. The van der Waals surface area contributed by atoms with Crippen LogP contribution in [0.3, 0.4) is 0 Å². The molecule has 2 unspecified atom stereocenters. The molecule has 1 aliphatic rings. The highest BCUT2D eigenvalue weighted by Gasteiger charge is 2.23. The van der Waals surface area contributed by atoms with E-state index in [1.807, 2.05) is 6.21 Å². The van der Waals surface area contributed by atoms with Gasteiger partial charge in [0.25, 0.3) is 0 Å². The molecule has 1 fully saturated rings. The Balaban J connectivity index is 1.89. The van der Waals surface area contributed by atoms with Gasteiger partial charge in [0, 0.05) is 12.0 Å². The van der Waals surface area contributed by atoms with Gasteiger partial charge in [0.1, 0.15) is 6.04 Å². The van der Waals surface area contributed by atoms with E-state index in [4.69, 9.17) is 0 Å². The molecule has 1 saturated heterocycles. The van der Waals surface area contributed by atoms with E-state index in [1.54, 1.807) is 0 Å². The van der Waals surface area contributed by atoms with Gasteiger partial charge >= 0.3 is 0 Å². The molecule has 0 aliphatic carbocycles. The maximum absolute atomic E-state index is 11.5. The molecule has 1 aromatic rings. The predicted octanol–water partition coefficient (Wildman–Crippen LogP) is 4.09. The number of hydrogen-bond acceptors (Lipinski definition) is 3. The quantitative estimate of drug-likeness (QED) is 0.764. The van der Waals surface area contributed by atoms with E-state index in [-0.39, 0.29) is 11.2 Å². The maximum Gasteiger partial charge on any atom is 0.213 e. The van der Waals surface area contributed by atoms with Crippen LogP contribution < -0.4 is 0 Å². The summed E-state index contributed by atoms with van der Waals surface area (Å²) in [6.45, 7) is 6.58. The van der Waals surface area contributed by atoms with Gasteiger partial charge in [-0.05, 0) is 35.8 Å². The Bertz CT molecular complexity index is 478. The van der Waals surface area contributed by atoms with Crippen LogP contribution in [0, 0.1) is 5.92 Å². The Labute approximate surface area is 126 Å². The molecule has 2 nitrogen and oxygen atoms in total. The van der Waals surface area contributed by atoms with Crippen LogP contribution in [-0.2, 0) is 11.2 Å². The van der Waals surface area contributed by atoms with Crippen LogP contribution in [0.1, 0.15) is 44.2 Å². The average Bonchev–Trinajstić information content (AvgIpc) is 2.82. The molecule has 1 heterocycles. The number of carbonyl (C=O) groups is 1. The number of hydrogen-bond donors (Lipinski definition) is 0. The van der Waals surface area contributed by atoms with Crippen molar-refractivity contribution in [1.29, 1.82) is 0 Å². The summed E-state index contributed by atoms with van der Waals surface area (Å²) in [5.74, 6) is 1.87. The van der Waals surface area contributed by atoms with Gasteiger partial charge in [0.15, 0.2) is 0 Å². The zero-order chi connectivity index (χ0) is 14.5. The molecule has 0 spiro atoms. The molecule has 108 valence electrons. The predicted molar refractivity (Wildman–Crippen MR) is 87.8 cm³/mol. The number of carbonyl (C=O) groups excluding carboxylic acids is 1. The highest BCUT2D eigenvalue weighted by atomic mass is 32.2. The number of aliphatic imine (C=N–C) groups is 1. The van der Waals surface area contributed by atoms with E-state index in [1.165, 1.54) is 22.9 Å². The van der Waals surface area contributed by atoms with Gasteiger partial charge in [0.05, 0.1) is 0 Å². The van der Waals surface area contributed by atoms with Crippen molar-refractivity contribution < 1.29 is 4.79 Å².